The third-order valence-corrected chi connectivity index (χ3v) is 6.62. The van der Waals surface area contributed by atoms with Crippen molar-refractivity contribution >= 4 is 49.8 Å². The number of thiophene rings is 1. The number of rotatable bonds is 7. The van der Waals surface area contributed by atoms with Crippen molar-refractivity contribution in [1.82, 2.24) is 9.78 Å². The molecule has 1 amide bonds. The number of esters is 1. The molecule has 186 valence electrons. The standard InChI is InChI=1S/C28H23N3O5S/c1-3-35-28(34)25-21-16-37-26(24(21)27(33)31(30-25)19-11-6-8-17(2)14-19)29-23(32)15-36-22-13-7-10-18-9-4-5-12-20(18)22/h4-14,16H,3,15H2,1-2H3,(H,29,32). The number of benzene rings is 3. The summed E-state index contributed by atoms with van der Waals surface area (Å²) in [7, 11) is 0. The molecule has 2 heterocycles. The summed E-state index contributed by atoms with van der Waals surface area (Å²) in [5.41, 5.74) is 0.968. The molecule has 1 N–H and O–H groups in total. The molecular formula is C28H23N3O5S. The van der Waals surface area contributed by atoms with Gasteiger partial charge >= 0.3 is 5.97 Å². The maximum absolute atomic E-state index is 13.5. The first kappa shape index (κ1) is 24.2. The molecule has 9 heteroatoms. The van der Waals surface area contributed by atoms with E-state index in [9.17, 15) is 14.4 Å². The molecule has 0 unspecified atom stereocenters. The van der Waals surface area contributed by atoms with Crippen LogP contribution in [-0.2, 0) is 9.53 Å². The Morgan fingerprint density at radius 2 is 1.81 bits per heavy atom. The van der Waals surface area contributed by atoms with Crippen molar-refractivity contribution in [3.05, 3.63) is 93.7 Å². The van der Waals surface area contributed by atoms with Crippen molar-refractivity contribution in [1.29, 1.82) is 0 Å². The van der Waals surface area contributed by atoms with Gasteiger partial charge in [-0.15, -0.1) is 11.3 Å². The quantitative estimate of drug-likeness (QED) is 0.304. The van der Waals surface area contributed by atoms with E-state index in [0.717, 1.165) is 32.4 Å². The molecule has 37 heavy (non-hydrogen) atoms. The second-order valence-electron chi connectivity index (χ2n) is 8.29. The van der Waals surface area contributed by atoms with E-state index in [2.05, 4.69) is 10.4 Å². The minimum absolute atomic E-state index is 0.00158. The van der Waals surface area contributed by atoms with Gasteiger partial charge in [-0.3, -0.25) is 9.59 Å². The average Bonchev–Trinajstić information content (AvgIpc) is 3.31. The van der Waals surface area contributed by atoms with Crippen LogP contribution in [0.4, 0.5) is 5.00 Å². The molecule has 0 radical (unpaired) electrons. The highest BCUT2D eigenvalue weighted by atomic mass is 32.1. The zero-order valence-corrected chi connectivity index (χ0v) is 21.0. The fraction of sp³-hybridized carbons (Fsp3) is 0.143. The average molecular weight is 514 g/mol. The summed E-state index contributed by atoms with van der Waals surface area (Å²) >= 11 is 1.14. The second kappa shape index (κ2) is 10.2. The summed E-state index contributed by atoms with van der Waals surface area (Å²) in [6.07, 6.45) is 0. The van der Waals surface area contributed by atoms with Crippen LogP contribution in [0.15, 0.2) is 76.9 Å². The lowest BCUT2D eigenvalue weighted by Gasteiger charge is -2.11. The van der Waals surface area contributed by atoms with Gasteiger partial charge in [-0.2, -0.15) is 9.78 Å². The lowest BCUT2D eigenvalue weighted by Crippen LogP contribution is -2.26. The minimum Gasteiger partial charge on any atom is -0.483 e. The van der Waals surface area contributed by atoms with Gasteiger partial charge in [0.05, 0.1) is 17.7 Å². The van der Waals surface area contributed by atoms with Crippen molar-refractivity contribution in [2.75, 3.05) is 18.5 Å². The van der Waals surface area contributed by atoms with E-state index < -0.39 is 17.4 Å². The lowest BCUT2D eigenvalue weighted by molar-refractivity contribution is -0.118. The molecule has 0 saturated heterocycles. The summed E-state index contributed by atoms with van der Waals surface area (Å²) in [6.45, 7) is 3.49. The summed E-state index contributed by atoms with van der Waals surface area (Å²) in [5, 5.41) is 11.4. The monoisotopic (exact) mass is 513 g/mol. The number of aromatic nitrogens is 2. The van der Waals surface area contributed by atoms with Crippen LogP contribution in [0, 0.1) is 6.92 Å². The first-order valence-electron chi connectivity index (χ1n) is 11.7. The van der Waals surface area contributed by atoms with Gasteiger partial charge in [-0.25, -0.2) is 4.79 Å². The molecule has 8 nitrogen and oxygen atoms in total. The van der Waals surface area contributed by atoms with Crippen molar-refractivity contribution < 1.29 is 19.1 Å². The van der Waals surface area contributed by atoms with Crippen LogP contribution in [0.25, 0.3) is 27.2 Å². The maximum atomic E-state index is 13.5. The number of amides is 1. The third kappa shape index (κ3) is 4.81. The van der Waals surface area contributed by atoms with Gasteiger partial charge in [0.1, 0.15) is 10.8 Å². The first-order chi connectivity index (χ1) is 18.0. The molecule has 0 saturated carbocycles. The van der Waals surface area contributed by atoms with Crippen LogP contribution in [-0.4, -0.2) is 34.9 Å². The van der Waals surface area contributed by atoms with Gasteiger partial charge in [0.2, 0.25) is 0 Å². The minimum atomic E-state index is -0.649. The van der Waals surface area contributed by atoms with Gasteiger partial charge in [0.25, 0.3) is 11.5 Å². The molecule has 0 atom stereocenters. The van der Waals surface area contributed by atoms with Crippen LogP contribution in [0.3, 0.4) is 0 Å². The maximum Gasteiger partial charge on any atom is 0.359 e. The molecule has 2 aromatic heterocycles. The Balaban J connectivity index is 1.49. The molecule has 5 rings (SSSR count). The third-order valence-electron chi connectivity index (χ3n) is 5.73. The van der Waals surface area contributed by atoms with E-state index in [1.807, 2.05) is 49.4 Å². The lowest BCUT2D eigenvalue weighted by atomic mass is 10.1. The normalized spacial score (nSPS) is 11.0. The molecule has 0 spiro atoms. The van der Waals surface area contributed by atoms with E-state index in [4.69, 9.17) is 9.47 Å². The Morgan fingerprint density at radius 3 is 2.62 bits per heavy atom. The van der Waals surface area contributed by atoms with Crippen LogP contribution < -0.4 is 15.6 Å². The van der Waals surface area contributed by atoms with Gasteiger partial charge < -0.3 is 14.8 Å². The van der Waals surface area contributed by atoms with Gasteiger partial charge in [-0.1, -0.05) is 48.5 Å². The number of aryl methyl sites for hydroxylation is 1. The molecule has 0 aliphatic rings. The van der Waals surface area contributed by atoms with E-state index in [0.29, 0.717) is 21.8 Å². The van der Waals surface area contributed by atoms with Gasteiger partial charge in [-0.05, 0) is 43.0 Å². The van der Waals surface area contributed by atoms with Crippen molar-refractivity contribution in [3.8, 4) is 11.4 Å². The molecule has 0 fully saturated rings. The van der Waals surface area contributed by atoms with Crippen molar-refractivity contribution in [2.45, 2.75) is 13.8 Å². The number of carbonyl (C=O) groups is 2. The number of hydrogen-bond acceptors (Lipinski definition) is 7. The summed E-state index contributed by atoms with van der Waals surface area (Å²) < 4.78 is 12.1. The summed E-state index contributed by atoms with van der Waals surface area (Å²) in [5.74, 6) is -0.503. The Kier molecular flexibility index (Phi) is 6.70. The fourth-order valence-electron chi connectivity index (χ4n) is 4.05. The number of hydrogen-bond donors (Lipinski definition) is 1. The topological polar surface area (TPSA) is 99.5 Å². The summed E-state index contributed by atoms with van der Waals surface area (Å²) in [4.78, 5) is 39.1. The smallest absolute Gasteiger partial charge is 0.359 e. The van der Waals surface area contributed by atoms with E-state index >= 15 is 0 Å². The van der Waals surface area contributed by atoms with Gasteiger partial charge in [0.15, 0.2) is 12.3 Å². The number of fused-ring (bicyclic) bond motifs is 2. The van der Waals surface area contributed by atoms with Crippen molar-refractivity contribution in [2.24, 2.45) is 0 Å². The van der Waals surface area contributed by atoms with Crippen LogP contribution >= 0.6 is 11.3 Å². The number of anilines is 1. The fourth-order valence-corrected chi connectivity index (χ4v) is 5.01. The Bertz CT molecular complexity index is 1700. The Labute approximate surface area is 216 Å². The number of nitrogens with zero attached hydrogens (tertiary/aromatic N) is 2. The highest BCUT2D eigenvalue weighted by molar-refractivity contribution is 7.16. The van der Waals surface area contributed by atoms with Crippen LogP contribution in [0.5, 0.6) is 5.75 Å². The van der Waals surface area contributed by atoms with Crippen molar-refractivity contribution in [3.63, 3.8) is 0 Å². The second-order valence-corrected chi connectivity index (χ2v) is 9.17. The Hall–Kier alpha value is -4.50. The molecule has 0 aliphatic heterocycles. The summed E-state index contributed by atoms with van der Waals surface area (Å²) in [6, 6.07) is 20.6. The van der Waals surface area contributed by atoms with Gasteiger partial charge in [0, 0.05) is 16.2 Å². The molecule has 0 aliphatic carbocycles. The predicted octanol–water partition coefficient (Wildman–Crippen LogP) is 5.10. The zero-order chi connectivity index (χ0) is 25.9. The zero-order valence-electron chi connectivity index (χ0n) is 20.2. The number of nitrogens with one attached hydrogen (secondary N) is 1. The number of ether oxygens (including phenoxy) is 2. The van der Waals surface area contributed by atoms with E-state index in [1.54, 1.807) is 36.6 Å². The number of carbonyl (C=O) groups excluding carboxylic acids is 2. The highest BCUT2D eigenvalue weighted by Gasteiger charge is 2.23. The van der Waals surface area contributed by atoms with Crippen LogP contribution in [0.2, 0.25) is 0 Å². The SMILES string of the molecule is CCOC(=O)c1nn(-c2cccc(C)c2)c(=O)c2c(NC(=O)COc3cccc4ccccc34)scc12. The van der Waals surface area contributed by atoms with E-state index in [-0.39, 0.29) is 24.3 Å². The molecule has 5 aromatic rings. The highest BCUT2D eigenvalue weighted by Crippen LogP contribution is 2.31. The predicted molar refractivity (Wildman–Crippen MR) is 144 cm³/mol. The van der Waals surface area contributed by atoms with Crippen LogP contribution in [0.1, 0.15) is 23.0 Å². The first-order valence-corrected chi connectivity index (χ1v) is 12.5. The van der Waals surface area contributed by atoms with E-state index in [1.165, 1.54) is 0 Å². The molecular weight excluding hydrogens is 490 g/mol. The Morgan fingerprint density at radius 1 is 1.03 bits per heavy atom. The molecule has 3 aromatic carbocycles. The largest absolute Gasteiger partial charge is 0.483 e. The molecule has 0 bridgehead atoms.